The molecule has 0 bridgehead atoms. The minimum Gasteiger partial charge on any atom is -0.354 e. The minimum absolute atomic E-state index is 0.121. The van der Waals surface area contributed by atoms with Crippen LogP contribution in [0.3, 0.4) is 0 Å². The van der Waals surface area contributed by atoms with E-state index in [4.69, 9.17) is 0 Å². The second kappa shape index (κ2) is 9.90. The van der Waals surface area contributed by atoms with Gasteiger partial charge in [0, 0.05) is 39.4 Å². The van der Waals surface area contributed by atoms with Crippen LogP contribution in [0, 0.1) is 0 Å². The summed E-state index contributed by atoms with van der Waals surface area (Å²) in [5.74, 6) is -0.501. The third kappa shape index (κ3) is 5.48. The topological polar surface area (TPSA) is 101 Å². The molecule has 9 heteroatoms. The van der Waals surface area contributed by atoms with Gasteiger partial charge in [-0.1, -0.05) is 36.8 Å². The van der Waals surface area contributed by atoms with E-state index in [-0.39, 0.29) is 35.4 Å². The fourth-order valence-electron chi connectivity index (χ4n) is 3.47. The number of aryl methyl sites for hydroxylation is 1. The van der Waals surface area contributed by atoms with Gasteiger partial charge >= 0.3 is 0 Å². The largest absolute Gasteiger partial charge is 0.354 e. The van der Waals surface area contributed by atoms with E-state index in [2.05, 4.69) is 10.6 Å². The van der Waals surface area contributed by atoms with E-state index in [1.165, 1.54) is 21.1 Å². The van der Waals surface area contributed by atoms with E-state index in [0.717, 1.165) is 24.8 Å². The van der Waals surface area contributed by atoms with Crippen molar-refractivity contribution in [1.29, 1.82) is 0 Å². The zero-order valence-electron chi connectivity index (χ0n) is 17.1. The average Bonchev–Trinajstić information content (AvgIpc) is 3.15. The van der Waals surface area contributed by atoms with Gasteiger partial charge in [-0.15, -0.1) is 0 Å². The zero-order valence-corrected chi connectivity index (χ0v) is 18.0. The fraction of sp³-hybridized carbons (Fsp3) is 0.429. The summed E-state index contributed by atoms with van der Waals surface area (Å²) in [4.78, 5) is 24.5. The van der Waals surface area contributed by atoms with Gasteiger partial charge in [0.15, 0.2) is 0 Å². The van der Waals surface area contributed by atoms with E-state index in [0.29, 0.717) is 19.6 Å². The van der Waals surface area contributed by atoms with Crippen LogP contribution >= 0.6 is 0 Å². The van der Waals surface area contributed by atoms with Crippen molar-refractivity contribution in [3.8, 4) is 0 Å². The van der Waals surface area contributed by atoms with E-state index in [1.54, 1.807) is 7.05 Å². The number of aromatic nitrogens is 1. The lowest BCUT2D eigenvalue weighted by Crippen LogP contribution is -2.36. The summed E-state index contributed by atoms with van der Waals surface area (Å²) in [6.07, 6.45) is 4.51. The summed E-state index contributed by atoms with van der Waals surface area (Å²) in [5.41, 5.74) is 1.19. The first kappa shape index (κ1) is 22.0. The van der Waals surface area contributed by atoms with Crippen molar-refractivity contribution in [2.45, 2.75) is 30.6 Å². The molecule has 162 valence electrons. The minimum atomic E-state index is -3.59. The van der Waals surface area contributed by atoms with Gasteiger partial charge in [-0.05, 0) is 24.5 Å². The Morgan fingerprint density at radius 3 is 2.37 bits per heavy atom. The molecule has 2 aromatic rings. The Bertz CT molecular complexity index is 980. The molecule has 1 aliphatic heterocycles. The number of benzene rings is 1. The first-order valence-electron chi connectivity index (χ1n) is 10.1. The maximum atomic E-state index is 12.8. The predicted octanol–water partition coefficient (Wildman–Crippen LogP) is 1.29. The Hall–Kier alpha value is -2.65. The van der Waals surface area contributed by atoms with Gasteiger partial charge in [-0.2, -0.15) is 4.31 Å². The molecular formula is C21H28N4O4S. The smallest absolute Gasteiger partial charge is 0.268 e. The number of nitrogens with one attached hydrogen (secondary N) is 2. The molecule has 8 nitrogen and oxygen atoms in total. The molecule has 0 aliphatic carbocycles. The fourth-order valence-corrected chi connectivity index (χ4v) is 5.06. The van der Waals surface area contributed by atoms with Crippen LogP contribution in [0.4, 0.5) is 0 Å². The lowest BCUT2D eigenvalue weighted by Gasteiger charge is -2.25. The van der Waals surface area contributed by atoms with Gasteiger partial charge in [0.05, 0.1) is 6.42 Å². The molecule has 1 aliphatic rings. The summed E-state index contributed by atoms with van der Waals surface area (Å²) < 4.78 is 28.6. The van der Waals surface area contributed by atoms with Crippen LogP contribution in [0.15, 0.2) is 47.5 Å². The van der Waals surface area contributed by atoms with E-state index >= 15 is 0 Å². The maximum Gasteiger partial charge on any atom is 0.268 e. The molecule has 0 spiro atoms. The van der Waals surface area contributed by atoms with Gasteiger partial charge in [-0.25, -0.2) is 8.42 Å². The third-order valence-electron chi connectivity index (χ3n) is 5.11. The van der Waals surface area contributed by atoms with Crippen LogP contribution in [0.2, 0.25) is 0 Å². The molecule has 0 saturated carbocycles. The summed E-state index contributed by atoms with van der Waals surface area (Å²) in [6.45, 7) is 1.57. The molecule has 1 aromatic heterocycles. The number of amides is 2. The molecule has 0 radical (unpaired) electrons. The Kier molecular flexibility index (Phi) is 7.28. The van der Waals surface area contributed by atoms with E-state index < -0.39 is 10.0 Å². The Morgan fingerprint density at radius 1 is 1.00 bits per heavy atom. The molecule has 2 N–H and O–H groups in total. The van der Waals surface area contributed by atoms with Crippen molar-refractivity contribution in [3.05, 3.63) is 53.9 Å². The maximum absolute atomic E-state index is 12.8. The number of hydrogen-bond acceptors (Lipinski definition) is 4. The molecule has 1 fully saturated rings. The molecule has 3 rings (SSSR count). The second-order valence-corrected chi connectivity index (χ2v) is 9.34. The number of carbonyl (C=O) groups excluding carboxylic acids is 2. The highest BCUT2D eigenvalue weighted by molar-refractivity contribution is 7.89. The summed E-state index contributed by atoms with van der Waals surface area (Å²) >= 11 is 0. The van der Waals surface area contributed by atoms with Crippen LogP contribution < -0.4 is 10.6 Å². The molecule has 1 saturated heterocycles. The van der Waals surface area contributed by atoms with Crippen LogP contribution in [0.5, 0.6) is 0 Å². The standard InChI is InChI=1S/C21H28N4O4S/c1-24-16-18(30(28,29)25-12-6-3-7-13-25)15-19(24)21(27)23-11-10-22-20(26)14-17-8-4-2-5-9-17/h2,4-5,8-9,15-16H,3,6-7,10-14H2,1H3,(H,22,26)(H,23,27). The van der Waals surface area contributed by atoms with Gasteiger partial charge in [0.1, 0.15) is 10.6 Å². The Labute approximate surface area is 177 Å². The quantitative estimate of drug-likeness (QED) is 0.614. The molecule has 2 amide bonds. The first-order chi connectivity index (χ1) is 14.4. The summed E-state index contributed by atoms with van der Waals surface area (Å²) in [6, 6.07) is 10.8. The van der Waals surface area contributed by atoms with Crippen LogP contribution in [0.1, 0.15) is 35.3 Å². The van der Waals surface area contributed by atoms with Crippen LogP contribution in [0.25, 0.3) is 0 Å². The summed E-state index contributed by atoms with van der Waals surface area (Å²) in [5, 5.41) is 5.48. The van der Waals surface area contributed by atoms with Gasteiger partial charge in [-0.3, -0.25) is 9.59 Å². The number of piperidine rings is 1. The number of hydrogen-bond donors (Lipinski definition) is 2. The monoisotopic (exact) mass is 432 g/mol. The van der Waals surface area contributed by atoms with Crippen molar-refractivity contribution in [2.75, 3.05) is 26.2 Å². The normalized spacial score (nSPS) is 15.0. The third-order valence-corrected chi connectivity index (χ3v) is 6.97. The van der Waals surface area contributed by atoms with Crippen molar-refractivity contribution in [3.63, 3.8) is 0 Å². The Morgan fingerprint density at radius 2 is 1.67 bits per heavy atom. The number of sulfonamides is 1. The summed E-state index contributed by atoms with van der Waals surface area (Å²) in [7, 11) is -1.94. The van der Waals surface area contributed by atoms with Gasteiger partial charge < -0.3 is 15.2 Å². The number of carbonyl (C=O) groups is 2. The van der Waals surface area contributed by atoms with Crippen LogP contribution in [-0.2, 0) is 28.3 Å². The molecule has 2 heterocycles. The van der Waals surface area contributed by atoms with Crippen molar-refractivity contribution >= 4 is 21.8 Å². The number of nitrogens with zero attached hydrogens (tertiary/aromatic N) is 2. The highest BCUT2D eigenvalue weighted by Crippen LogP contribution is 2.22. The lowest BCUT2D eigenvalue weighted by molar-refractivity contribution is -0.120. The van der Waals surface area contributed by atoms with Crippen molar-refractivity contribution in [2.24, 2.45) is 7.05 Å². The van der Waals surface area contributed by atoms with Crippen molar-refractivity contribution in [1.82, 2.24) is 19.5 Å². The van der Waals surface area contributed by atoms with Gasteiger partial charge in [0.2, 0.25) is 15.9 Å². The highest BCUT2D eigenvalue weighted by atomic mass is 32.2. The average molecular weight is 433 g/mol. The SMILES string of the molecule is Cn1cc(S(=O)(=O)N2CCCCC2)cc1C(=O)NCCNC(=O)Cc1ccccc1. The van der Waals surface area contributed by atoms with E-state index in [1.807, 2.05) is 30.3 Å². The Balaban J connectivity index is 1.50. The van der Waals surface area contributed by atoms with Gasteiger partial charge in [0.25, 0.3) is 5.91 Å². The predicted molar refractivity (Wildman–Crippen MR) is 114 cm³/mol. The number of rotatable bonds is 8. The van der Waals surface area contributed by atoms with Crippen LogP contribution in [-0.4, -0.2) is 55.3 Å². The molecule has 1 aromatic carbocycles. The van der Waals surface area contributed by atoms with E-state index in [9.17, 15) is 18.0 Å². The zero-order chi connectivity index (χ0) is 21.6. The molecule has 0 atom stereocenters. The molecule has 30 heavy (non-hydrogen) atoms. The van der Waals surface area contributed by atoms with Crippen molar-refractivity contribution < 1.29 is 18.0 Å². The first-order valence-corrected chi connectivity index (χ1v) is 11.6. The molecule has 0 unspecified atom stereocenters. The molecular weight excluding hydrogens is 404 g/mol. The highest BCUT2D eigenvalue weighted by Gasteiger charge is 2.28. The second-order valence-electron chi connectivity index (χ2n) is 7.40. The lowest BCUT2D eigenvalue weighted by atomic mass is 10.1.